The summed E-state index contributed by atoms with van der Waals surface area (Å²) in [4.78, 5) is 24.7. The van der Waals surface area contributed by atoms with Crippen molar-refractivity contribution in [1.29, 1.82) is 0 Å². The summed E-state index contributed by atoms with van der Waals surface area (Å²) in [5.74, 6) is -0.0515. The number of carbonyl (C=O) groups is 2. The van der Waals surface area contributed by atoms with Gasteiger partial charge in [-0.25, -0.2) is 9.18 Å². The van der Waals surface area contributed by atoms with Crippen molar-refractivity contribution < 1.29 is 32.9 Å². The van der Waals surface area contributed by atoms with Crippen molar-refractivity contribution in [2.24, 2.45) is 0 Å². The Morgan fingerprint density at radius 3 is 2.24 bits per heavy atom. The van der Waals surface area contributed by atoms with Gasteiger partial charge in [-0.15, -0.1) is 0 Å². The first-order chi connectivity index (χ1) is 15.9. The highest BCUT2D eigenvalue weighted by molar-refractivity contribution is 5.92. The third kappa shape index (κ3) is 6.46. The number of hydrogen-bond donors (Lipinski definition) is 1. The van der Waals surface area contributed by atoms with E-state index in [1.165, 1.54) is 37.4 Å². The fourth-order valence-electron chi connectivity index (χ4n) is 2.96. The van der Waals surface area contributed by atoms with E-state index in [9.17, 15) is 14.0 Å². The van der Waals surface area contributed by atoms with Crippen LogP contribution in [0, 0.1) is 5.82 Å². The predicted molar refractivity (Wildman–Crippen MR) is 120 cm³/mol. The number of halogens is 1. The van der Waals surface area contributed by atoms with Gasteiger partial charge < -0.3 is 24.3 Å². The van der Waals surface area contributed by atoms with Crippen LogP contribution in [0.5, 0.6) is 17.2 Å². The van der Waals surface area contributed by atoms with Gasteiger partial charge in [0.25, 0.3) is 5.91 Å². The van der Waals surface area contributed by atoms with Crippen LogP contribution in [0.4, 0.5) is 10.1 Å². The van der Waals surface area contributed by atoms with Crippen LogP contribution in [0.2, 0.25) is 0 Å². The molecule has 0 aromatic heterocycles. The minimum absolute atomic E-state index is 0.246. The van der Waals surface area contributed by atoms with Gasteiger partial charge in [0.2, 0.25) is 0 Å². The molecule has 33 heavy (non-hydrogen) atoms. The van der Waals surface area contributed by atoms with Crippen LogP contribution in [0.3, 0.4) is 0 Å². The molecule has 1 N–H and O–H groups in total. The van der Waals surface area contributed by atoms with Gasteiger partial charge in [0.05, 0.1) is 19.8 Å². The van der Waals surface area contributed by atoms with Crippen molar-refractivity contribution in [3.05, 3.63) is 83.7 Å². The van der Waals surface area contributed by atoms with Crippen LogP contribution in [0.15, 0.2) is 66.7 Å². The number of esters is 1. The number of rotatable bonds is 9. The average Bonchev–Trinajstić information content (AvgIpc) is 2.83. The van der Waals surface area contributed by atoms with Crippen LogP contribution < -0.4 is 19.5 Å². The molecule has 3 rings (SSSR count). The highest BCUT2D eigenvalue weighted by Gasteiger charge is 2.17. The number of benzene rings is 3. The van der Waals surface area contributed by atoms with E-state index in [0.717, 1.165) is 0 Å². The Labute approximate surface area is 191 Å². The first-order valence-corrected chi connectivity index (χ1v) is 10.1. The first-order valence-electron chi connectivity index (χ1n) is 10.1. The maximum absolute atomic E-state index is 13.1. The molecule has 0 bridgehead atoms. The molecule has 0 aliphatic carbocycles. The summed E-state index contributed by atoms with van der Waals surface area (Å²) in [5, 5.41) is 2.71. The molecule has 172 valence electrons. The Bertz CT molecular complexity index is 1100. The molecule has 1 atom stereocenters. The highest BCUT2D eigenvalue weighted by Crippen LogP contribution is 2.29. The van der Waals surface area contributed by atoms with E-state index in [1.54, 1.807) is 50.4 Å². The molecule has 8 heteroatoms. The number of hydrogen-bond acceptors (Lipinski definition) is 6. The molecule has 1 amide bonds. The zero-order valence-corrected chi connectivity index (χ0v) is 18.5. The molecule has 0 radical (unpaired) electrons. The molecule has 0 aliphatic rings. The van der Waals surface area contributed by atoms with Gasteiger partial charge in [-0.2, -0.15) is 0 Å². The molecule has 0 heterocycles. The smallest absolute Gasteiger partial charge is 0.338 e. The monoisotopic (exact) mass is 453 g/mol. The van der Waals surface area contributed by atoms with Crippen LogP contribution >= 0.6 is 0 Å². The Kier molecular flexibility index (Phi) is 7.86. The van der Waals surface area contributed by atoms with Crippen LogP contribution in [-0.4, -0.2) is 32.7 Å². The lowest BCUT2D eigenvalue weighted by Crippen LogP contribution is -2.20. The molecule has 3 aromatic rings. The van der Waals surface area contributed by atoms with Crippen LogP contribution in [0.25, 0.3) is 0 Å². The lowest BCUT2D eigenvalue weighted by molar-refractivity contribution is -0.118. The lowest BCUT2D eigenvalue weighted by atomic mass is 10.1. The molecule has 0 aliphatic heterocycles. The topological polar surface area (TPSA) is 83.1 Å². The number of amides is 1. The zero-order valence-electron chi connectivity index (χ0n) is 18.5. The van der Waals surface area contributed by atoms with Gasteiger partial charge in [0.1, 0.15) is 17.7 Å². The van der Waals surface area contributed by atoms with Crippen molar-refractivity contribution in [2.45, 2.75) is 13.0 Å². The van der Waals surface area contributed by atoms with Crippen molar-refractivity contribution in [1.82, 2.24) is 0 Å². The van der Waals surface area contributed by atoms with Gasteiger partial charge in [-0.1, -0.05) is 12.1 Å². The van der Waals surface area contributed by atoms with Crippen LogP contribution in [0.1, 0.15) is 28.9 Å². The number of anilines is 1. The summed E-state index contributed by atoms with van der Waals surface area (Å²) >= 11 is 0. The molecule has 0 saturated carbocycles. The summed E-state index contributed by atoms with van der Waals surface area (Å²) in [7, 11) is 2.99. The zero-order chi connectivity index (χ0) is 23.8. The second-order valence-electron chi connectivity index (χ2n) is 7.03. The Morgan fingerprint density at radius 1 is 0.909 bits per heavy atom. The van der Waals surface area contributed by atoms with Gasteiger partial charge >= 0.3 is 5.97 Å². The maximum atomic E-state index is 13.1. The number of ether oxygens (including phenoxy) is 4. The van der Waals surface area contributed by atoms with E-state index >= 15 is 0 Å². The minimum Gasteiger partial charge on any atom is -0.497 e. The second kappa shape index (κ2) is 11.0. The summed E-state index contributed by atoms with van der Waals surface area (Å²) < 4.78 is 34.5. The molecule has 3 aromatic carbocycles. The standard InChI is InChI=1S/C25H24FNO6/c1-16(17-4-7-19(26)8-5-17)33-25(29)18-6-13-22(23(14-18)31-3)32-15-24(28)27-20-9-11-21(30-2)12-10-20/h4-14,16H,15H2,1-3H3,(H,27,28). The Morgan fingerprint density at radius 2 is 1.61 bits per heavy atom. The number of methoxy groups -OCH3 is 2. The summed E-state index contributed by atoms with van der Waals surface area (Å²) in [6, 6.07) is 17.1. The van der Waals surface area contributed by atoms with Gasteiger partial charge in [0, 0.05) is 5.69 Å². The quantitative estimate of drug-likeness (QED) is 0.470. The van der Waals surface area contributed by atoms with Crippen molar-refractivity contribution in [3.63, 3.8) is 0 Å². The maximum Gasteiger partial charge on any atom is 0.338 e. The van der Waals surface area contributed by atoms with Crippen molar-refractivity contribution in [2.75, 3.05) is 26.1 Å². The first kappa shape index (κ1) is 23.6. The summed E-state index contributed by atoms with van der Waals surface area (Å²) in [6.45, 7) is 1.44. The number of nitrogens with one attached hydrogen (secondary N) is 1. The summed E-state index contributed by atoms with van der Waals surface area (Å²) in [6.07, 6.45) is -0.568. The van der Waals surface area contributed by atoms with Gasteiger partial charge in [-0.05, 0) is 67.1 Å². The molecular formula is C25H24FNO6. The molecule has 0 saturated heterocycles. The molecule has 0 spiro atoms. The Balaban J connectivity index is 1.59. The molecule has 1 unspecified atom stereocenters. The lowest BCUT2D eigenvalue weighted by Gasteiger charge is -2.15. The van der Waals surface area contributed by atoms with Crippen LogP contribution in [-0.2, 0) is 9.53 Å². The van der Waals surface area contributed by atoms with Gasteiger partial charge in [-0.3, -0.25) is 4.79 Å². The van der Waals surface area contributed by atoms with E-state index in [4.69, 9.17) is 18.9 Å². The normalized spacial score (nSPS) is 11.3. The Hall–Kier alpha value is -4.07. The van der Waals surface area contributed by atoms with Gasteiger partial charge in [0.15, 0.2) is 18.1 Å². The predicted octanol–water partition coefficient (Wildman–Crippen LogP) is 4.78. The van der Waals surface area contributed by atoms with Crippen molar-refractivity contribution in [3.8, 4) is 17.2 Å². The third-order valence-corrected chi connectivity index (χ3v) is 4.76. The van der Waals surface area contributed by atoms with Crippen molar-refractivity contribution >= 4 is 17.6 Å². The molecular weight excluding hydrogens is 429 g/mol. The number of carbonyl (C=O) groups excluding carboxylic acids is 2. The largest absolute Gasteiger partial charge is 0.497 e. The van der Waals surface area contributed by atoms with E-state index in [1.807, 2.05) is 0 Å². The molecule has 0 fully saturated rings. The average molecular weight is 453 g/mol. The van der Waals surface area contributed by atoms with E-state index in [2.05, 4.69) is 5.32 Å². The van der Waals surface area contributed by atoms with E-state index < -0.39 is 12.1 Å². The van der Waals surface area contributed by atoms with E-state index in [0.29, 0.717) is 22.7 Å². The fourth-order valence-corrected chi connectivity index (χ4v) is 2.96. The minimum atomic E-state index is -0.575. The summed E-state index contributed by atoms with van der Waals surface area (Å²) in [5.41, 5.74) is 1.51. The van der Waals surface area contributed by atoms with E-state index in [-0.39, 0.29) is 29.6 Å². The SMILES string of the molecule is COc1ccc(NC(=O)COc2ccc(C(=O)OC(C)c3ccc(F)cc3)cc2OC)cc1. The second-order valence-corrected chi connectivity index (χ2v) is 7.03. The highest BCUT2D eigenvalue weighted by atomic mass is 19.1. The fraction of sp³-hybridized carbons (Fsp3) is 0.200. The molecule has 7 nitrogen and oxygen atoms in total. The third-order valence-electron chi connectivity index (χ3n) is 4.76.